The number of rotatable bonds is 5. The highest BCUT2D eigenvalue weighted by Gasteiger charge is 2.10. The normalized spacial score (nSPS) is 11.1. The van der Waals surface area contributed by atoms with Crippen molar-refractivity contribution in [3.05, 3.63) is 91.3 Å². The zero-order chi connectivity index (χ0) is 18.8. The molecule has 0 amide bonds. The van der Waals surface area contributed by atoms with E-state index in [1.54, 1.807) is 18.1 Å². The SMILES string of the molecule is c1ccc(Sc2ccccc2-n2cc(Cn3ccc4cncnc43)nn2)cc1. The average molecular weight is 384 g/mol. The van der Waals surface area contributed by atoms with Crippen LogP contribution in [0.15, 0.2) is 95.4 Å². The maximum Gasteiger partial charge on any atom is 0.143 e. The van der Waals surface area contributed by atoms with E-state index in [1.165, 1.54) is 4.90 Å². The third-order valence-electron chi connectivity index (χ3n) is 4.38. The fourth-order valence-corrected chi connectivity index (χ4v) is 4.03. The highest BCUT2D eigenvalue weighted by atomic mass is 32.2. The average Bonchev–Trinajstić information content (AvgIpc) is 3.37. The van der Waals surface area contributed by atoms with E-state index in [0.29, 0.717) is 6.54 Å². The molecule has 0 atom stereocenters. The van der Waals surface area contributed by atoms with Gasteiger partial charge in [-0.25, -0.2) is 14.6 Å². The highest BCUT2D eigenvalue weighted by molar-refractivity contribution is 7.99. The van der Waals surface area contributed by atoms with E-state index in [1.807, 2.05) is 59.7 Å². The summed E-state index contributed by atoms with van der Waals surface area (Å²) in [5.41, 5.74) is 2.77. The second-order valence-corrected chi connectivity index (χ2v) is 7.40. The minimum atomic E-state index is 0.606. The fraction of sp³-hybridized carbons (Fsp3) is 0.0476. The van der Waals surface area contributed by atoms with E-state index in [-0.39, 0.29) is 0 Å². The van der Waals surface area contributed by atoms with E-state index in [0.717, 1.165) is 27.3 Å². The number of hydrogen-bond donors (Lipinski definition) is 0. The molecule has 0 spiro atoms. The van der Waals surface area contributed by atoms with E-state index in [4.69, 9.17) is 0 Å². The van der Waals surface area contributed by atoms with Gasteiger partial charge in [0.2, 0.25) is 0 Å². The maximum absolute atomic E-state index is 4.36. The molecule has 136 valence electrons. The summed E-state index contributed by atoms with van der Waals surface area (Å²) in [6.07, 6.45) is 7.34. The first kappa shape index (κ1) is 16.7. The molecule has 0 fully saturated rings. The Morgan fingerprint density at radius 1 is 0.929 bits per heavy atom. The first-order chi connectivity index (χ1) is 13.9. The lowest BCUT2D eigenvalue weighted by Gasteiger charge is -2.08. The lowest BCUT2D eigenvalue weighted by molar-refractivity contribution is 0.765. The molecule has 0 aliphatic carbocycles. The summed E-state index contributed by atoms with van der Waals surface area (Å²) in [6.45, 7) is 0.606. The summed E-state index contributed by atoms with van der Waals surface area (Å²) >= 11 is 1.71. The van der Waals surface area contributed by atoms with E-state index >= 15 is 0 Å². The molecule has 0 aliphatic heterocycles. The Bertz CT molecular complexity index is 1230. The molecule has 6 nitrogen and oxygen atoms in total. The van der Waals surface area contributed by atoms with Gasteiger partial charge in [-0.1, -0.05) is 47.3 Å². The van der Waals surface area contributed by atoms with Crippen molar-refractivity contribution in [1.82, 2.24) is 29.5 Å². The lowest BCUT2D eigenvalue weighted by Crippen LogP contribution is -1.99. The van der Waals surface area contributed by atoms with Gasteiger partial charge in [0.1, 0.15) is 17.7 Å². The highest BCUT2D eigenvalue weighted by Crippen LogP contribution is 2.31. The third kappa shape index (κ3) is 3.27. The van der Waals surface area contributed by atoms with Crippen LogP contribution in [0, 0.1) is 0 Å². The monoisotopic (exact) mass is 384 g/mol. The molecule has 2 aromatic carbocycles. The van der Waals surface area contributed by atoms with Crippen molar-refractivity contribution < 1.29 is 0 Å². The molecule has 0 unspecified atom stereocenters. The molecule has 5 aromatic rings. The van der Waals surface area contributed by atoms with Gasteiger partial charge in [0.25, 0.3) is 0 Å². The summed E-state index contributed by atoms with van der Waals surface area (Å²) in [6, 6.07) is 20.5. The molecule has 0 saturated carbocycles. The Hall–Kier alpha value is -3.45. The van der Waals surface area contributed by atoms with Crippen molar-refractivity contribution in [2.24, 2.45) is 0 Å². The standard InChI is InChI=1S/C21H16N6S/c1-2-6-18(7-3-1)28-20-9-5-4-8-19(20)27-14-17(24-25-27)13-26-11-10-16-12-22-15-23-21(16)26/h1-12,14-15H,13H2. The first-order valence-corrected chi connectivity index (χ1v) is 9.67. The second-order valence-electron chi connectivity index (χ2n) is 6.28. The summed E-state index contributed by atoms with van der Waals surface area (Å²) in [5, 5.41) is 9.73. The van der Waals surface area contributed by atoms with Gasteiger partial charge in [-0.2, -0.15) is 0 Å². The van der Waals surface area contributed by atoms with Crippen LogP contribution in [0.5, 0.6) is 0 Å². The fourth-order valence-electron chi connectivity index (χ4n) is 3.07. The van der Waals surface area contributed by atoms with E-state index in [9.17, 15) is 0 Å². The van der Waals surface area contributed by atoms with Crippen LogP contribution in [0.1, 0.15) is 5.69 Å². The minimum absolute atomic E-state index is 0.606. The maximum atomic E-state index is 4.36. The van der Waals surface area contributed by atoms with Gasteiger partial charge in [0.15, 0.2) is 0 Å². The second kappa shape index (κ2) is 7.28. The Balaban J connectivity index is 1.44. The molecular formula is C21H16N6S. The largest absolute Gasteiger partial charge is 0.326 e. The molecule has 0 radical (unpaired) electrons. The van der Waals surface area contributed by atoms with Crippen LogP contribution >= 0.6 is 11.8 Å². The van der Waals surface area contributed by atoms with Crippen LogP contribution in [-0.4, -0.2) is 29.5 Å². The van der Waals surface area contributed by atoms with Crippen molar-refractivity contribution in [2.45, 2.75) is 16.3 Å². The van der Waals surface area contributed by atoms with Gasteiger partial charge in [-0.3, -0.25) is 0 Å². The van der Waals surface area contributed by atoms with Gasteiger partial charge in [0.05, 0.1) is 18.4 Å². The molecule has 3 aromatic heterocycles. The Kier molecular flexibility index (Phi) is 4.34. The predicted molar refractivity (Wildman–Crippen MR) is 109 cm³/mol. The summed E-state index contributed by atoms with van der Waals surface area (Å²) in [4.78, 5) is 10.7. The minimum Gasteiger partial charge on any atom is -0.326 e. The van der Waals surface area contributed by atoms with Crippen molar-refractivity contribution >= 4 is 22.8 Å². The molecule has 0 saturated heterocycles. The van der Waals surface area contributed by atoms with Gasteiger partial charge < -0.3 is 4.57 Å². The smallest absolute Gasteiger partial charge is 0.143 e. The van der Waals surface area contributed by atoms with Crippen LogP contribution in [0.25, 0.3) is 16.7 Å². The lowest BCUT2D eigenvalue weighted by atomic mass is 10.3. The first-order valence-electron chi connectivity index (χ1n) is 8.85. The van der Waals surface area contributed by atoms with Gasteiger partial charge in [0, 0.05) is 27.6 Å². The summed E-state index contributed by atoms with van der Waals surface area (Å²) < 4.78 is 3.89. The van der Waals surface area contributed by atoms with Gasteiger partial charge in [-0.05, 0) is 30.3 Å². The quantitative estimate of drug-likeness (QED) is 0.454. The zero-order valence-electron chi connectivity index (χ0n) is 14.9. The number of aromatic nitrogens is 6. The molecule has 7 heteroatoms. The number of hydrogen-bond acceptors (Lipinski definition) is 5. The molecule has 28 heavy (non-hydrogen) atoms. The zero-order valence-corrected chi connectivity index (χ0v) is 15.7. The van der Waals surface area contributed by atoms with Crippen LogP contribution in [-0.2, 0) is 6.54 Å². The molecule has 0 aliphatic rings. The van der Waals surface area contributed by atoms with Gasteiger partial charge in [-0.15, -0.1) is 5.10 Å². The predicted octanol–water partition coefficient (Wildman–Crippen LogP) is 4.21. The summed E-state index contributed by atoms with van der Waals surface area (Å²) in [7, 11) is 0. The van der Waals surface area contributed by atoms with Gasteiger partial charge >= 0.3 is 0 Å². The molecule has 0 N–H and O–H groups in total. The third-order valence-corrected chi connectivity index (χ3v) is 5.45. The summed E-state index contributed by atoms with van der Waals surface area (Å²) in [5.74, 6) is 0. The Morgan fingerprint density at radius 3 is 2.71 bits per heavy atom. The molecule has 0 bridgehead atoms. The Labute approximate surface area is 165 Å². The van der Waals surface area contributed by atoms with Crippen molar-refractivity contribution in [2.75, 3.05) is 0 Å². The molecular weight excluding hydrogens is 368 g/mol. The van der Waals surface area contributed by atoms with E-state index in [2.05, 4.69) is 49.1 Å². The van der Waals surface area contributed by atoms with Crippen LogP contribution in [0.2, 0.25) is 0 Å². The number of fused-ring (bicyclic) bond motifs is 1. The number of para-hydroxylation sites is 1. The van der Waals surface area contributed by atoms with Crippen LogP contribution in [0.4, 0.5) is 0 Å². The molecule has 5 rings (SSSR count). The van der Waals surface area contributed by atoms with Crippen LogP contribution in [0.3, 0.4) is 0 Å². The van der Waals surface area contributed by atoms with Crippen LogP contribution < -0.4 is 0 Å². The topological polar surface area (TPSA) is 61.4 Å². The number of benzene rings is 2. The van der Waals surface area contributed by atoms with E-state index < -0.39 is 0 Å². The van der Waals surface area contributed by atoms with Crippen molar-refractivity contribution in [3.63, 3.8) is 0 Å². The van der Waals surface area contributed by atoms with Crippen molar-refractivity contribution in [1.29, 1.82) is 0 Å². The number of nitrogens with zero attached hydrogens (tertiary/aromatic N) is 6. The molecule has 3 heterocycles. The van der Waals surface area contributed by atoms with Crippen molar-refractivity contribution in [3.8, 4) is 5.69 Å². The Morgan fingerprint density at radius 2 is 1.79 bits per heavy atom.